The second-order valence-electron chi connectivity index (χ2n) is 4.13. The highest BCUT2D eigenvalue weighted by atomic mass is 16.1. The lowest BCUT2D eigenvalue weighted by Crippen LogP contribution is -2.27. The van der Waals surface area contributed by atoms with Crippen molar-refractivity contribution < 1.29 is 9.59 Å². The fraction of sp³-hybridized carbons (Fsp3) is 0.538. The minimum atomic E-state index is 0.0140. The SMILES string of the molecule is C=CC(=O)CC1CCCCC1C(=O)C=C. The van der Waals surface area contributed by atoms with Crippen molar-refractivity contribution in [1.82, 2.24) is 0 Å². The molecule has 0 spiro atoms. The molecule has 1 aliphatic carbocycles. The van der Waals surface area contributed by atoms with E-state index in [4.69, 9.17) is 0 Å². The van der Waals surface area contributed by atoms with E-state index in [0.717, 1.165) is 25.7 Å². The summed E-state index contributed by atoms with van der Waals surface area (Å²) in [7, 11) is 0. The zero-order chi connectivity index (χ0) is 11.3. The van der Waals surface area contributed by atoms with Gasteiger partial charge in [0.15, 0.2) is 11.6 Å². The average molecular weight is 206 g/mol. The molecule has 0 aromatic heterocycles. The molecule has 2 unspecified atom stereocenters. The predicted octanol–water partition coefficient (Wildman–Crippen LogP) is 2.69. The molecule has 0 heterocycles. The molecule has 2 atom stereocenters. The van der Waals surface area contributed by atoms with Gasteiger partial charge >= 0.3 is 0 Å². The first kappa shape index (κ1) is 11.9. The first-order valence-electron chi connectivity index (χ1n) is 5.50. The third-order valence-corrected chi connectivity index (χ3v) is 3.17. The molecule has 0 aromatic carbocycles. The Bertz CT molecular complexity index is 278. The normalized spacial score (nSPS) is 25.6. The first-order valence-corrected chi connectivity index (χ1v) is 5.50. The number of allylic oxidation sites excluding steroid dienone is 2. The number of rotatable bonds is 5. The smallest absolute Gasteiger partial charge is 0.158 e. The largest absolute Gasteiger partial charge is 0.295 e. The van der Waals surface area contributed by atoms with Crippen LogP contribution >= 0.6 is 0 Å². The van der Waals surface area contributed by atoms with Crippen LogP contribution in [-0.2, 0) is 9.59 Å². The Morgan fingerprint density at radius 3 is 2.40 bits per heavy atom. The fourth-order valence-corrected chi connectivity index (χ4v) is 2.32. The molecule has 0 radical (unpaired) electrons. The predicted molar refractivity (Wildman–Crippen MR) is 60.5 cm³/mol. The van der Waals surface area contributed by atoms with Gasteiger partial charge in [0.2, 0.25) is 0 Å². The van der Waals surface area contributed by atoms with E-state index in [1.165, 1.54) is 12.2 Å². The molecule has 0 bridgehead atoms. The minimum Gasteiger partial charge on any atom is -0.295 e. The summed E-state index contributed by atoms with van der Waals surface area (Å²) in [6, 6.07) is 0. The topological polar surface area (TPSA) is 34.1 Å². The van der Waals surface area contributed by atoms with Gasteiger partial charge in [-0.1, -0.05) is 26.0 Å². The molecule has 0 saturated heterocycles. The van der Waals surface area contributed by atoms with Gasteiger partial charge < -0.3 is 0 Å². The van der Waals surface area contributed by atoms with E-state index in [1.54, 1.807) is 0 Å². The first-order chi connectivity index (χ1) is 7.19. The number of hydrogen-bond donors (Lipinski definition) is 0. The summed E-state index contributed by atoms with van der Waals surface area (Å²) in [5.41, 5.74) is 0. The maximum absolute atomic E-state index is 11.6. The third-order valence-electron chi connectivity index (χ3n) is 3.17. The monoisotopic (exact) mass is 206 g/mol. The fourth-order valence-electron chi connectivity index (χ4n) is 2.32. The quantitative estimate of drug-likeness (QED) is 0.648. The molecule has 2 nitrogen and oxygen atoms in total. The molecule has 1 saturated carbocycles. The van der Waals surface area contributed by atoms with Crippen LogP contribution in [0, 0.1) is 11.8 Å². The summed E-state index contributed by atoms with van der Waals surface area (Å²) < 4.78 is 0. The molecule has 1 fully saturated rings. The van der Waals surface area contributed by atoms with Crippen LogP contribution in [0.5, 0.6) is 0 Å². The lowest BCUT2D eigenvalue weighted by molar-refractivity contribution is -0.122. The zero-order valence-corrected chi connectivity index (χ0v) is 9.08. The molecule has 1 rings (SSSR count). The van der Waals surface area contributed by atoms with Crippen LogP contribution in [0.3, 0.4) is 0 Å². The average Bonchev–Trinajstić information content (AvgIpc) is 2.28. The summed E-state index contributed by atoms with van der Waals surface area (Å²) in [5, 5.41) is 0. The number of carbonyl (C=O) groups excluding carboxylic acids is 2. The third kappa shape index (κ3) is 3.15. The minimum absolute atomic E-state index is 0.0140. The number of ketones is 2. The van der Waals surface area contributed by atoms with Gasteiger partial charge in [-0.3, -0.25) is 9.59 Å². The molecule has 0 aliphatic heterocycles. The summed E-state index contributed by atoms with van der Waals surface area (Å²) in [4.78, 5) is 22.9. The maximum Gasteiger partial charge on any atom is 0.158 e. The van der Waals surface area contributed by atoms with Gasteiger partial charge in [-0.2, -0.15) is 0 Å². The Morgan fingerprint density at radius 2 is 1.80 bits per heavy atom. The summed E-state index contributed by atoms with van der Waals surface area (Å²) in [6.45, 7) is 6.98. The molecule has 0 N–H and O–H groups in total. The molecule has 82 valence electrons. The van der Waals surface area contributed by atoms with E-state index in [9.17, 15) is 9.59 Å². The Labute approximate surface area is 91.1 Å². The van der Waals surface area contributed by atoms with Gasteiger partial charge in [-0.25, -0.2) is 0 Å². The van der Waals surface area contributed by atoms with Gasteiger partial charge in [-0.05, 0) is 30.9 Å². The maximum atomic E-state index is 11.6. The summed E-state index contributed by atoms with van der Waals surface area (Å²) in [6.07, 6.45) is 7.29. The van der Waals surface area contributed by atoms with Crippen molar-refractivity contribution in [2.45, 2.75) is 32.1 Å². The van der Waals surface area contributed by atoms with Crippen molar-refractivity contribution in [3.63, 3.8) is 0 Å². The lowest BCUT2D eigenvalue weighted by Gasteiger charge is -2.28. The van der Waals surface area contributed by atoms with Crippen molar-refractivity contribution >= 4 is 11.6 Å². The van der Waals surface area contributed by atoms with Crippen LogP contribution in [0.25, 0.3) is 0 Å². The lowest BCUT2D eigenvalue weighted by atomic mass is 9.74. The highest BCUT2D eigenvalue weighted by molar-refractivity contribution is 5.93. The van der Waals surface area contributed by atoms with E-state index >= 15 is 0 Å². The highest BCUT2D eigenvalue weighted by Gasteiger charge is 2.30. The molecular weight excluding hydrogens is 188 g/mol. The molecule has 0 amide bonds. The van der Waals surface area contributed by atoms with E-state index in [2.05, 4.69) is 13.2 Å². The van der Waals surface area contributed by atoms with Gasteiger partial charge in [0, 0.05) is 12.3 Å². The number of hydrogen-bond acceptors (Lipinski definition) is 2. The summed E-state index contributed by atoms with van der Waals surface area (Å²) >= 11 is 0. The molecule has 1 aliphatic rings. The van der Waals surface area contributed by atoms with Crippen LogP contribution in [0.4, 0.5) is 0 Å². The Morgan fingerprint density at radius 1 is 1.13 bits per heavy atom. The van der Waals surface area contributed by atoms with Gasteiger partial charge in [0.05, 0.1) is 0 Å². The van der Waals surface area contributed by atoms with Crippen LogP contribution in [-0.4, -0.2) is 11.6 Å². The Balaban J connectivity index is 2.64. The summed E-state index contributed by atoms with van der Waals surface area (Å²) in [5.74, 6) is 0.357. The van der Waals surface area contributed by atoms with E-state index in [1.807, 2.05) is 0 Å². The standard InChI is InChI=1S/C13H18O2/c1-3-11(14)9-10-7-5-6-8-12(10)13(15)4-2/h3-4,10,12H,1-2,5-9H2. The van der Waals surface area contributed by atoms with Crippen LogP contribution in [0.2, 0.25) is 0 Å². The number of carbonyl (C=O) groups is 2. The Kier molecular flexibility index (Phi) is 4.47. The van der Waals surface area contributed by atoms with Crippen molar-refractivity contribution in [3.8, 4) is 0 Å². The molecule has 0 aromatic rings. The second kappa shape index (κ2) is 5.64. The van der Waals surface area contributed by atoms with Gasteiger partial charge in [-0.15, -0.1) is 0 Å². The van der Waals surface area contributed by atoms with Crippen molar-refractivity contribution in [1.29, 1.82) is 0 Å². The molecule has 15 heavy (non-hydrogen) atoms. The second-order valence-corrected chi connectivity index (χ2v) is 4.13. The molecule has 2 heteroatoms. The Hall–Kier alpha value is -1.18. The van der Waals surface area contributed by atoms with E-state index in [-0.39, 0.29) is 23.4 Å². The van der Waals surface area contributed by atoms with Crippen molar-refractivity contribution in [2.75, 3.05) is 0 Å². The molecular formula is C13H18O2. The van der Waals surface area contributed by atoms with E-state index < -0.39 is 0 Å². The van der Waals surface area contributed by atoms with Gasteiger partial charge in [0.1, 0.15) is 0 Å². The van der Waals surface area contributed by atoms with Crippen molar-refractivity contribution in [2.24, 2.45) is 11.8 Å². The van der Waals surface area contributed by atoms with Crippen LogP contribution in [0.15, 0.2) is 25.3 Å². The van der Waals surface area contributed by atoms with Gasteiger partial charge in [0.25, 0.3) is 0 Å². The van der Waals surface area contributed by atoms with E-state index in [0.29, 0.717) is 6.42 Å². The van der Waals surface area contributed by atoms with Crippen LogP contribution < -0.4 is 0 Å². The van der Waals surface area contributed by atoms with Crippen LogP contribution in [0.1, 0.15) is 32.1 Å². The zero-order valence-electron chi connectivity index (χ0n) is 9.08. The van der Waals surface area contributed by atoms with Crippen molar-refractivity contribution in [3.05, 3.63) is 25.3 Å². The highest BCUT2D eigenvalue weighted by Crippen LogP contribution is 2.33.